The summed E-state index contributed by atoms with van der Waals surface area (Å²) in [6, 6.07) is 8.18. The third kappa shape index (κ3) is 9.21. The highest BCUT2D eigenvalue weighted by atomic mass is 32.2. The third-order valence-corrected chi connectivity index (χ3v) is 8.96. The molecule has 16 heteroatoms. The van der Waals surface area contributed by atoms with Crippen molar-refractivity contribution < 1.29 is 22.1 Å². The van der Waals surface area contributed by atoms with Gasteiger partial charge in [-0.25, -0.2) is 29.9 Å². The molecule has 5 heterocycles. The van der Waals surface area contributed by atoms with Crippen molar-refractivity contribution in [1.82, 2.24) is 39.7 Å². The van der Waals surface area contributed by atoms with Crippen molar-refractivity contribution in [3.63, 3.8) is 0 Å². The van der Waals surface area contributed by atoms with E-state index in [9.17, 15) is 8.42 Å². The lowest BCUT2D eigenvalue weighted by Crippen LogP contribution is -2.56. The molecular formula is C34H36N10O5S. The molecule has 0 saturated carbocycles. The van der Waals surface area contributed by atoms with Gasteiger partial charge in [-0.15, -0.1) is 0 Å². The lowest BCUT2D eigenvalue weighted by molar-refractivity contribution is 0.0320. The van der Waals surface area contributed by atoms with Crippen molar-refractivity contribution in [1.29, 1.82) is 0 Å². The maximum atomic E-state index is 12.3. The zero-order chi connectivity index (χ0) is 34.8. The van der Waals surface area contributed by atoms with E-state index in [1.807, 2.05) is 20.2 Å². The molecule has 1 aliphatic heterocycles. The van der Waals surface area contributed by atoms with E-state index in [-0.39, 0.29) is 30.8 Å². The number of piperazine rings is 1. The van der Waals surface area contributed by atoms with Crippen LogP contribution in [0.5, 0.6) is 0 Å². The minimum atomic E-state index is -3.83. The predicted molar refractivity (Wildman–Crippen MR) is 184 cm³/mol. The van der Waals surface area contributed by atoms with Gasteiger partial charge in [0, 0.05) is 70.1 Å². The molecule has 0 amide bonds. The van der Waals surface area contributed by atoms with Gasteiger partial charge in [-0.2, -0.15) is 13.5 Å². The maximum Gasteiger partial charge on any atom is 0.297 e. The van der Waals surface area contributed by atoms with Crippen LogP contribution in [0.4, 0.5) is 11.9 Å². The first-order chi connectivity index (χ1) is 24.3. The molecule has 50 heavy (non-hydrogen) atoms. The SMILES string of the molecule is Cc1ccc(S(=O)(=O)OCCOCCOC[C@H]2CN(c3ncc(C#Cc4cnc(-c5cnn(C)c5)nc4)cn3)CCN2c2ncccn2)cc1. The molecule has 0 spiro atoms. The van der Waals surface area contributed by atoms with Crippen LogP contribution in [0.15, 0.2) is 84.8 Å². The molecule has 1 aromatic carbocycles. The Labute approximate surface area is 290 Å². The fraction of sp³-hybridized carbons (Fsp3) is 0.324. The molecule has 1 aliphatic rings. The Morgan fingerprint density at radius 2 is 1.46 bits per heavy atom. The smallest absolute Gasteiger partial charge is 0.297 e. The number of rotatable bonds is 13. The van der Waals surface area contributed by atoms with Gasteiger partial charge in [-0.3, -0.25) is 8.86 Å². The quantitative estimate of drug-likeness (QED) is 0.100. The van der Waals surface area contributed by atoms with Crippen molar-refractivity contribution in [3.8, 4) is 23.2 Å². The lowest BCUT2D eigenvalue weighted by Gasteiger charge is -2.41. The fourth-order valence-electron chi connectivity index (χ4n) is 5.07. The number of aryl methyl sites for hydroxylation is 2. The van der Waals surface area contributed by atoms with Crippen LogP contribution in [0.25, 0.3) is 11.4 Å². The summed E-state index contributed by atoms with van der Waals surface area (Å²) in [5.41, 5.74) is 3.14. The summed E-state index contributed by atoms with van der Waals surface area (Å²) in [7, 11) is -1.99. The summed E-state index contributed by atoms with van der Waals surface area (Å²) in [5.74, 6) is 7.93. The molecule has 0 bridgehead atoms. The molecular weight excluding hydrogens is 661 g/mol. The normalized spacial score (nSPS) is 14.7. The van der Waals surface area contributed by atoms with Crippen LogP contribution >= 0.6 is 0 Å². The largest absolute Gasteiger partial charge is 0.377 e. The van der Waals surface area contributed by atoms with Gasteiger partial charge in [0.05, 0.1) is 66.9 Å². The first-order valence-electron chi connectivity index (χ1n) is 15.9. The van der Waals surface area contributed by atoms with E-state index >= 15 is 0 Å². The van der Waals surface area contributed by atoms with E-state index in [4.69, 9.17) is 13.7 Å². The minimum absolute atomic E-state index is 0.0909. The van der Waals surface area contributed by atoms with E-state index in [2.05, 4.69) is 56.6 Å². The van der Waals surface area contributed by atoms with E-state index in [1.54, 1.807) is 66.3 Å². The third-order valence-electron chi connectivity index (χ3n) is 7.64. The zero-order valence-electron chi connectivity index (χ0n) is 27.7. The van der Waals surface area contributed by atoms with Gasteiger partial charge in [-0.05, 0) is 25.1 Å². The average molecular weight is 697 g/mol. The summed E-state index contributed by atoms with van der Waals surface area (Å²) < 4.78 is 43.0. The molecule has 1 saturated heterocycles. The van der Waals surface area contributed by atoms with Crippen LogP contribution in [0.3, 0.4) is 0 Å². The van der Waals surface area contributed by atoms with Crippen molar-refractivity contribution in [2.45, 2.75) is 17.9 Å². The Balaban J connectivity index is 0.989. The van der Waals surface area contributed by atoms with Crippen molar-refractivity contribution in [2.75, 3.05) is 62.5 Å². The van der Waals surface area contributed by atoms with Crippen molar-refractivity contribution in [3.05, 3.63) is 96.6 Å². The van der Waals surface area contributed by atoms with Crippen LogP contribution < -0.4 is 9.80 Å². The molecule has 15 nitrogen and oxygen atoms in total. The molecule has 1 atom stereocenters. The topological polar surface area (TPSA) is 163 Å². The Kier molecular flexibility index (Phi) is 11.3. The molecule has 0 unspecified atom stereocenters. The highest BCUT2D eigenvalue weighted by Gasteiger charge is 2.30. The van der Waals surface area contributed by atoms with E-state index in [1.165, 1.54) is 12.1 Å². The molecule has 1 fully saturated rings. The van der Waals surface area contributed by atoms with Gasteiger partial charge in [0.1, 0.15) is 0 Å². The van der Waals surface area contributed by atoms with Gasteiger partial charge in [0.15, 0.2) is 5.82 Å². The summed E-state index contributed by atoms with van der Waals surface area (Å²) in [4.78, 5) is 31.2. The lowest BCUT2D eigenvalue weighted by atomic mass is 10.2. The van der Waals surface area contributed by atoms with Gasteiger partial charge in [0.25, 0.3) is 10.1 Å². The Hall–Kier alpha value is -5.34. The van der Waals surface area contributed by atoms with Gasteiger partial charge in [0.2, 0.25) is 11.9 Å². The number of nitrogens with zero attached hydrogens (tertiary/aromatic N) is 10. The van der Waals surface area contributed by atoms with E-state index in [0.29, 0.717) is 61.7 Å². The van der Waals surface area contributed by atoms with Crippen LogP contribution in [-0.4, -0.2) is 107 Å². The standard InChI is InChI=1S/C34H36N10O5S/c1-26-4-8-31(9-5-26)50(45,46)49-17-16-47-14-15-48-25-30-24-43(12-13-44(30)34-35-10-3-11-36-34)33-39-20-28(21-40-33)7-6-27-18-37-32(38-19-27)29-22-41-42(2)23-29/h3-5,8-11,18-23,30H,12-17,24-25H2,1-2H3/t30-/m1/s1. The molecule has 4 aromatic heterocycles. The van der Waals surface area contributed by atoms with Crippen LogP contribution in [0.1, 0.15) is 16.7 Å². The maximum absolute atomic E-state index is 12.3. The first kappa shape index (κ1) is 34.5. The molecule has 258 valence electrons. The average Bonchev–Trinajstić information content (AvgIpc) is 3.59. The predicted octanol–water partition coefficient (Wildman–Crippen LogP) is 2.30. The Morgan fingerprint density at radius 3 is 2.14 bits per heavy atom. The molecule has 0 N–H and O–H groups in total. The summed E-state index contributed by atoms with van der Waals surface area (Å²) in [6.07, 6.45) is 13.7. The highest BCUT2D eigenvalue weighted by Crippen LogP contribution is 2.20. The zero-order valence-corrected chi connectivity index (χ0v) is 28.5. The number of benzene rings is 1. The second-order valence-electron chi connectivity index (χ2n) is 11.3. The number of hydrogen-bond acceptors (Lipinski definition) is 14. The molecule has 0 radical (unpaired) electrons. The van der Waals surface area contributed by atoms with Gasteiger partial charge < -0.3 is 19.3 Å². The number of ether oxygens (including phenoxy) is 2. The van der Waals surface area contributed by atoms with Crippen molar-refractivity contribution >= 4 is 22.0 Å². The van der Waals surface area contributed by atoms with E-state index < -0.39 is 10.1 Å². The number of hydrogen-bond donors (Lipinski definition) is 0. The number of anilines is 2. The summed E-state index contributed by atoms with van der Waals surface area (Å²) in [5, 5.41) is 4.15. The Bertz CT molecular complexity index is 2000. The monoisotopic (exact) mass is 696 g/mol. The van der Waals surface area contributed by atoms with E-state index in [0.717, 1.165) is 11.1 Å². The summed E-state index contributed by atoms with van der Waals surface area (Å²) >= 11 is 0. The van der Waals surface area contributed by atoms with Crippen LogP contribution in [0.2, 0.25) is 0 Å². The Morgan fingerprint density at radius 1 is 0.800 bits per heavy atom. The van der Waals surface area contributed by atoms with Gasteiger partial charge in [-0.1, -0.05) is 29.5 Å². The molecule has 6 rings (SSSR count). The summed E-state index contributed by atoms with van der Waals surface area (Å²) in [6.45, 7) is 4.75. The molecule has 0 aliphatic carbocycles. The minimum Gasteiger partial charge on any atom is -0.377 e. The fourth-order valence-corrected chi connectivity index (χ4v) is 5.96. The van der Waals surface area contributed by atoms with Gasteiger partial charge >= 0.3 is 0 Å². The van der Waals surface area contributed by atoms with Crippen molar-refractivity contribution in [2.24, 2.45) is 7.05 Å². The van der Waals surface area contributed by atoms with Crippen LogP contribution in [-0.2, 0) is 30.8 Å². The number of aromatic nitrogens is 8. The second kappa shape index (κ2) is 16.4. The second-order valence-corrected chi connectivity index (χ2v) is 13.0. The van der Waals surface area contributed by atoms with Crippen LogP contribution in [0, 0.1) is 18.8 Å². The first-order valence-corrected chi connectivity index (χ1v) is 17.3. The highest BCUT2D eigenvalue weighted by molar-refractivity contribution is 7.86. The molecule has 5 aromatic rings.